The minimum Gasteiger partial charge on any atom is -0.493 e. The Balaban J connectivity index is 0.00000420. The number of ketones is 1. The van der Waals surface area contributed by atoms with E-state index in [-0.39, 0.29) is 53.4 Å². The number of fused-ring (bicyclic) bond motifs is 2. The average molecular weight is 601 g/mol. The number of nitrogens with zero attached hydrogens (tertiary/aromatic N) is 2. The number of halogens is 1. The Hall–Kier alpha value is -3.73. The van der Waals surface area contributed by atoms with Crippen molar-refractivity contribution in [3.63, 3.8) is 0 Å². The highest BCUT2D eigenvalue weighted by atomic mass is 79.9. The Bertz CT molecular complexity index is 1370. The second-order valence-electron chi connectivity index (χ2n) is 10.1. The van der Waals surface area contributed by atoms with Gasteiger partial charge in [0, 0.05) is 42.7 Å². The fourth-order valence-corrected chi connectivity index (χ4v) is 5.42. The summed E-state index contributed by atoms with van der Waals surface area (Å²) < 4.78 is 5.64. The van der Waals surface area contributed by atoms with E-state index in [2.05, 4.69) is 5.32 Å². The van der Waals surface area contributed by atoms with E-state index in [4.69, 9.17) is 10.1 Å². The monoisotopic (exact) mass is 600 g/mol. The number of anilines is 1. The lowest BCUT2D eigenvalue weighted by Gasteiger charge is -2.31. The van der Waals surface area contributed by atoms with Crippen LogP contribution in [0.3, 0.4) is 0 Å². The normalized spacial score (nSPS) is 16.7. The maximum Gasteiger partial charge on any atom is 0.305 e. The van der Waals surface area contributed by atoms with Crippen molar-refractivity contribution in [2.75, 3.05) is 25.1 Å². The fraction of sp³-hybridized carbons (Fsp3) is 0.393. The number of nitrogens with one attached hydrogen (secondary N) is 2. The minimum absolute atomic E-state index is 0. The van der Waals surface area contributed by atoms with Crippen LogP contribution in [0.2, 0.25) is 0 Å². The van der Waals surface area contributed by atoms with Crippen molar-refractivity contribution in [2.24, 2.45) is 0 Å². The Labute approximate surface area is 237 Å². The van der Waals surface area contributed by atoms with Crippen molar-refractivity contribution in [1.82, 2.24) is 10.2 Å². The molecule has 0 spiro atoms. The summed E-state index contributed by atoms with van der Waals surface area (Å²) >= 11 is 0. The molecule has 11 heteroatoms. The number of amidine groups is 1. The standard InChI is InChI=1S/C28H32N4O6.BrH/c1-6-38-23-10-17-13-31(26(29)18(17)11-19(23)27(37)30-5)14-22(34)16-7-8-21-20(9-16)28(3,4)24(12-25(35)36)32(21)15(2)33;/h7-11,24,29H,6,12-14H2,1-5H3,(H,30,37)(H,35,36);1H. The van der Waals surface area contributed by atoms with Gasteiger partial charge in [-0.1, -0.05) is 13.8 Å². The van der Waals surface area contributed by atoms with E-state index >= 15 is 0 Å². The van der Waals surface area contributed by atoms with E-state index in [0.29, 0.717) is 41.3 Å². The first kappa shape index (κ1) is 29.8. The molecule has 0 bridgehead atoms. The lowest BCUT2D eigenvalue weighted by molar-refractivity contribution is -0.137. The van der Waals surface area contributed by atoms with Crippen molar-refractivity contribution in [2.45, 2.75) is 52.1 Å². The van der Waals surface area contributed by atoms with Gasteiger partial charge in [0.25, 0.3) is 5.91 Å². The molecule has 208 valence electrons. The first-order valence-electron chi connectivity index (χ1n) is 12.5. The molecule has 2 amide bonds. The maximum absolute atomic E-state index is 13.4. The predicted octanol–water partition coefficient (Wildman–Crippen LogP) is 3.53. The van der Waals surface area contributed by atoms with Gasteiger partial charge in [-0.3, -0.25) is 24.6 Å². The predicted molar refractivity (Wildman–Crippen MR) is 152 cm³/mol. The summed E-state index contributed by atoms with van der Waals surface area (Å²) in [6.07, 6.45) is -0.213. The minimum atomic E-state index is -1.00. The molecule has 2 aliphatic heterocycles. The van der Waals surface area contributed by atoms with E-state index < -0.39 is 17.4 Å². The molecule has 2 aromatic carbocycles. The zero-order valence-corrected chi connectivity index (χ0v) is 24.3. The highest BCUT2D eigenvalue weighted by Gasteiger charge is 2.47. The number of amides is 2. The molecule has 0 saturated carbocycles. The van der Waals surface area contributed by atoms with Crippen molar-refractivity contribution in [3.8, 4) is 5.75 Å². The Kier molecular flexibility index (Phi) is 8.54. The zero-order valence-electron chi connectivity index (χ0n) is 22.6. The maximum atomic E-state index is 13.4. The highest BCUT2D eigenvalue weighted by Crippen LogP contribution is 2.47. The van der Waals surface area contributed by atoms with Crippen LogP contribution < -0.4 is 15.0 Å². The number of carbonyl (C=O) groups excluding carboxylic acids is 3. The van der Waals surface area contributed by atoms with Gasteiger partial charge in [-0.05, 0) is 48.4 Å². The molecule has 0 fully saturated rings. The first-order chi connectivity index (χ1) is 17.9. The number of hydrogen-bond donors (Lipinski definition) is 3. The lowest BCUT2D eigenvalue weighted by Crippen LogP contribution is -2.45. The van der Waals surface area contributed by atoms with Gasteiger partial charge in [-0.15, -0.1) is 17.0 Å². The van der Waals surface area contributed by atoms with Crippen molar-refractivity contribution >= 4 is 52.1 Å². The van der Waals surface area contributed by atoms with Crippen LogP contribution >= 0.6 is 17.0 Å². The molecule has 1 atom stereocenters. The number of benzene rings is 2. The number of ether oxygens (including phenoxy) is 1. The molecule has 0 radical (unpaired) electrons. The van der Waals surface area contributed by atoms with Crippen molar-refractivity contribution < 1.29 is 29.0 Å². The van der Waals surface area contributed by atoms with Crippen molar-refractivity contribution in [1.29, 1.82) is 5.41 Å². The van der Waals surface area contributed by atoms with Crippen LogP contribution in [0.15, 0.2) is 30.3 Å². The number of Topliss-reactive ketones (excluding diaryl/α,β-unsaturated/α-hetero) is 1. The molecule has 10 nitrogen and oxygen atoms in total. The van der Waals surface area contributed by atoms with Crippen LogP contribution in [0.1, 0.15) is 71.5 Å². The molecule has 2 aromatic rings. The highest BCUT2D eigenvalue weighted by molar-refractivity contribution is 8.93. The van der Waals surface area contributed by atoms with Gasteiger partial charge in [0.05, 0.1) is 31.2 Å². The summed E-state index contributed by atoms with van der Waals surface area (Å²) in [4.78, 5) is 52.9. The number of carboxylic acids is 1. The van der Waals surface area contributed by atoms with Gasteiger partial charge in [-0.2, -0.15) is 0 Å². The zero-order chi connectivity index (χ0) is 27.9. The number of hydrogen-bond acceptors (Lipinski definition) is 6. The largest absolute Gasteiger partial charge is 0.493 e. The van der Waals surface area contributed by atoms with Crippen LogP contribution in [0, 0.1) is 5.41 Å². The first-order valence-corrected chi connectivity index (χ1v) is 12.5. The van der Waals surface area contributed by atoms with E-state index in [1.165, 1.54) is 18.9 Å². The molecule has 1 unspecified atom stereocenters. The summed E-state index contributed by atoms with van der Waals surface area (Å²) in [6, 6.07) is 7.87. The fourth-order valence-electron chi connectivity index (χ4n) is 5.42. The molecule has 39 heavy (non-hydrogen) atoms. The topological polar surface area (TPSA) is 140 Å². The van der Waals surface area contributed by atoms with E-state index in [1.807, 2.05) is 20.8 Å². The van der Waals surface area contributed by atoms with Crippen LogP contribution in [0.5, 0.6) is 5.75 Å². The smallest absolute Gasteiger partial charge is 0.305 e. The lowest BCUT2D eigenvalue weighted by atomic mass is 9.78. The summed E-state index contributed by atoms with van der Waals surface area (Å²) in [5, 5.41) is 20.7. The molecule has 2 heterocycles. The van der Waals surface area contributed by atoms with Crippen LogP contribution in [-0.4, -0.2) is 65.7 Å². The third-order valence-electron chi connectivity index (χ3n) is 7.37. The molecule has 0 saturated heterocycles. The van der Waals surface area contributed by atoms with Crippen molar-refractivity contribution in [3.05, 3.63) is 58.1 Å². The average Bonchev–Trinajstić information content (AvgIpc) is 3.27. The number of carbonyl (C=O) groups is 4. The van der Waals surface area contributed by atoms with E-state index in [1.54, 1.807) is 35.2 Å². The SMILES string of the molecule is Br.CCOc1cc2c(cc1C(=O)NC)C(=N)N(CC(=O)c1ccc3c(c1)C(C)(C)C(CC(=O)O)N3C(C)=O)C2. The van der Waals surface area contributed by atoms with Gasteiger partial charge in [0.1, 0.15) is 11.6 Å². The molecule has 4 rings (SSSR count). The molecule has 0 aliphatic carbocycles. The Morgan fingerprint density at radius 1 is 1.18 bits per heavy atom. The molecule has 3 N–H and O–H groups in total. The Morgan fingerprint density at radius 3 is 2.46 bits per heavy atom. The van der Waals surface area contributed by atoms with Gasteiger partial charge in [-0.25, -0.2) is 0 Å². The summed E-state index contributed by atoms with van der Waals surface area (Å²) in [5.41, 5.74) is 2.78. The van der Waals surface area contributed by atoms with Crippen LogP contribution in [0.4, 0.5) is 5.69 Å². The van der Waals surface area contributed by atoms with Gasteiger partial charge >= 0.3 is 5.97 Å². The molecule has 2 aliphatic rings. The van der Waals surface area contributed by atoms with Crippen LogP contribution in [0.25, 0.3) is 0 Å². The van der Waals surface area contributed by atoms with E-state index in [9.17, 15) is 24.3 Å². The summed E-state index contributed by atoms with van der Waals surface area (Å²) in [5.74, 6) is -1.22. The summed E-state index contributed by atoms with van der Waals surface area (Å²) in [7, 11) is 1.53. The molecular weight excluding hydrogens is 568 g/mol. The van der Waals surface area contributed by atoms with Crippen LogP contribution in [-0.2, 0) is 21.5 Å². The van der Waals surface area contributed by atoms with E-state index in [0.717, 1.165) is 11.1 Å². The quantitative estimate of drug-likeness (QED) is 0.394. The van der Waals surface area contributed by atoms with Gasteiger partial charge in [0.2, 0.25) is 5.91 Å². The number of rotatable bonds is 8. The number of carboxylic acid groups (broad SMARTS) is 1. The molecular formula is C28H33BrN4O6. The second kappa shape index (κ2) is 11.2. The second-order valence-corrected chi connectivity index (χ2v) is 10.1. The van der Waals surface area contributed by atoms with Gasteiger partial charge < -0.3 is 25.0 Å². The number of aliphatic carboxylic acids is 1. The summed E-state index contributed by atoms with van der Waals surface area (Å²) in [6.45, 7) is 7.64. The third kappa shape index (κ3) is 5.27. The van der Waals surface area contributed by atoms with Gasteiger partial charge in [0.15, 0.2) is 5.78 Å². The Morgan fingerprint density at radius 2 is 1.87 bits per heavy atom. The molecule has 0 aromatic heterocycles. The third-order valence-corrected chi connectivity index (χ3v) is 7.37.